The highest BCUT2D eigenvalue weighted by Gasteiger charge is 2.36. The molecule has 2 N–H and O–H groups in total. The van der Waals surface area contributed by atoms with Crippen LogP contribution in [0.5, 0.6) is 0 Å². The molecule has 0 amide bonds. The van der Waals surface area contributed by atoms with Crippen LogP contribution in [0.3, 0.4) is 0 Å². The standard InChI is InChI=1S/C19H33NO3/c1-13(2)21-12-16-8-15(16)6-5-7-17(11-20)23-19-9-18(10-19)22-14(3)4/h5,7,11,13-16,18-19H,6,8-10,12,20H2,1-4H3/b7-5-,17-11+/t15-,16+,18?,19?/m1/s1. The molecule has 0 heterocycles. The molecule has 0 aliphatic heterocycles. The highest BCUT2D eigenvalue weighted by atomic mass is 16.5. The lowest BCUT2D eigenvalue weighted by Crippen LogP contribution is -2.38. The summed E-state index contributed by atoms with van der Waals surface area (Å²) in [6.45, 7) is 9.21. The van der Waals surface area contributed by atoms with Crippen LogP contribution in [0.15, 0.2) is 24.1 Å². The van der Waals surface area contributed by atoms with Gasteiger partial charge in [0.25, 0.3) is 0 Å². The summed E-state index contributed by atoms with van der Waals surface area (Å²) in [4.78, 5) is 0. The molecule has 0 radical (unpaired) electrons. The van der Waals surface area contributed by atoms with Crippen molar-refractivity contribution in [3.63, 3.8) is 0 Å². The second-order valence-corrected chi connectivity index (χ2v) is 7.36. The van der Waals surface area contributed by atoms with Crippen LogP contribution in [-0.4, -0.2) is 31.0 Å². The summed E-state index contributed by atoms with van der Waals surface area (Å²) in [6.07, 6.45) is 11.2. The Morgan fingerprint density at radius 3 is 2.39 bits per heavy atom. The Kier molecular flexibility index (Phi) is 6.97. The summed E-state index contributed by atoms with van der Waals surface area (Å²) in [5.41, 5.74) is 5.67. The average molecular weight is 323 g/mol. The van der Waals surface area contributed by atoms with Crippen LogP contribution in [-0.2, 0) is 14.2 Å². The fourth-order valence-corrected chi connectivity index (χ4v) is 2.91. The van der Waals surface area contributed by atoms with Crippen LogP contribution >= 0.6 is 0 Å². The van der Waals surface area contributed by atoms with Crippen LogP contribution in [0, 0.1) is 11.8 Å². The first-order chi connectivity index (χ1) is 11.0. The molecular weight excluding hydrogens is 290 g/mol. The summed E-state index contributed by atoms with van der Waals surface area (Å²) in [5, 5.41) is 0. The Labute approximate surface area is 141 Å². The number of ether oxygens (including phenoxy) is 3. The van der Waals surface area contributed by atoms with Crippen molar-refractivity contribution in [1.82, 2.24) is 0 Å². The zero-order valence-electron chi connectivity index (χ0n) is 15.0. The zero-order valence-corrected chi connectivity index (χ0v) is 15.0. The third kappa shape index (κ3) is 6.56. The van der Waals surface area contributed by atoms with Crippen molar-refractivity contribution in [2.75, 3.05) is 6.61 Å². The van der Waals surface area contributed by atoms with Crippen molar-refractivity contribution in [2.45, 2.75) is 77.8 Å². The molecule has 0 spiro atoms. The van der Waals surface area contributed by atoms with E-state index in [0.717, 1.165) is 43.5 Å². The highest BCUT2D eigenvalue weighted by molar-refractivity contribution is 5.12. The van der Waals surface area contributed by atoms with Crippen molar-refractivity contribution >= 4 is 0 Å². The van der Waals surface area contributed by atoms with Gasteiger partial charge in [0.1, 0.15) is 11.9 Å². The molecule has 2 aliphatic rings. The lowest BCUT2D eigenvalue weighted by molar-refractivity contribution is -0.101. The molecule has 4 nitrogen and oxygen atoms in total. The summed E-state index contributed by atoms with van der Waals surface area (Å²) >= 11 is 0. The van der Waals surface area contributed by atoms with Crippen molar-refractivity contribution in [3.05, 3.63) is 24.1 Å². The monoisotopic (exact) mass is 323 g/mol. The van der Waals surface area contributed by atoms with Gasteiger partial charge in [-0.05, 0) is 58.4 Å². The molecule has 4 heteroatoms. The van der Waals surface area contributed by atoms with Gasteiger partial charge in [-0.25, -0.2) is 0 Å². The third-order valence-corrected chi connectivity index (χ3v) is 4.42. The molecule has 0 aromatic rings. The Hall–Kier alpha value is -1.00. The summed E-state index contributed by atoms with van der Waals surface area (Å²) in [5.74, 6) is 2.26. The van der Waals surface area contributed by atoms with Crippen LogP contribution in [0.4, 0.5) is 0 Å². The lowest BCUT2D eigenvalue weighted by Gasteiger charge is -2.36. The van der Waals surface area contributed by atoms with E-state index in [1.54, 1.807) is 6.20 Å². The SMILES string of the molecule is CC(C)OC[C@@H]1C[C@H]1C/C=C\C(=C/N)OC1CC(OC(C)C)C1. The van der Waals surface area contributed by atoms with Gasteiger partial charge in [0.15, 0.2) is 0 Å². The van der Waals surface area contributed by atoms with Gasteiger partial charge < -0.3 is 19.9 Å². The van der Waals surface area contributed by atoms with Crippen LogP contribution in [0.25, 0.3) is 0 Å². The van der Waals surface area contributed by atoms with Crippen LogP contribution in [0.2, 0.25) is 0 Å². The van der Waals surface area contributed by atoms with Crippen molar-refractivity contribution in [3.8, 4) is 0 Å². The van der Waals surface area contributed by atoms with Gasteiger partial charge in [0, 0.05) is 19.0 Å². The maximum Gasteiger partial charge on any atom is 0.134 e. The van der Waals surface area contributed by atoms with Crippen molar-refractivity contribution < 1.29 is 14.2 Å². The molecule has 2 atom stereocenters. The summed E-state index contributed by atoms with van der Waals surface area (Å²) < 4.78 is 17.3. The zero-order chi connectivity index (χ0) is 16.8. The molecule has 2 aliphatic carbocycles. The van der Waals surface area contributed by atoms with E-state index in [0.29, 0.717) is 12.2 Å². The summed E-state index contributed by atoms with van der Waals surface area (Å²) in [6, 6.07) is 0. The predicted molar refractivity (Wildman–Crippen MR) is 92.8 cm³/mol. The minimum Gasteiger partial charge on any atom is -0.489 e. The van der Waals surface area contributed by atoms with E-state index in [9.17, 15) is 0 Å². The molecule has 2 rings (SSSR count). The number of hydrogen-bond donors (Lipinski definition) is 1. The second kappa shape index (κ2) is 8.74. The molecule has 132 valence electrons. The first-order valence-electron chi connectivity index (χ1n) is 9.00. The van der Waals surface area contributed by atoms with E-state index in [4.69, 9.17) is 19.9 Å². The first kappa shape index (κ1) is 18.3. The maximum atomic E-state index is 5.90. The molecular formula is C19H33NO3. The average Bonchev–Trinajstić information content (AvgIpc) is 3.19. The Balaban J connectivity index is 1.59. The topological polar surface area (TPSA) is 53.7 Å². The lowest BCUT2D eigenvalue weighted by atomic mass is 9.91. The van der Waals surface area contributed by atoms with Gasteiger partial charge in [0.2, 0.25) is 0 Å². The minimum atomic E-state index is 0.242. The molecule has 2 saturated carbocycles. The van der Waals surface area contributed by atoms with E-state index in [-0.39, 0.29) is 12.2 Å². The first-order valence-corrected chi connectivity index (χ1v) is 9.00. The number of nitrogens with two attached hydrogens (primary N) is 1. The largest absolute Gasteiger partial charge is 0.489 e. The predicted octanol–water partition coefficient (Wildman–Crippen LogP) is 3.77. The normalized spacial score (nSPS) is 31.0. The summed E-state index contributed by atoms with van der Waals surface area (Å²) in [7, 11) is 0. The Morgan fingerprint density at radius 1 is 1.04 bits per heavy atom. The second-order valence-electron chi connectivity index (χ2n) is 7.36. The van der Waals surface area contributed by atoms with Crippen molar-refractivity contribution in [2.24, 2.45) is 17.6 Å². The van der Waals surface area contributed by atoms with E-state index in [1.807, 2.05) is 6.08 Å². The smallest absolute Gasteiger partial charge is 0.134 e. The number of rotatable bonds is 10. The van der Waals surface area contributed by atoms with Crippen molar-refractivity contribution in [1.29, 1.82) is 0 Å². The molecule has 0 aromatic carbocycles. The van der Waals surface area contributed by atoms with Crippen LogP contribution in [0.1, 0.15) is 53.4 Å². The number of hydrogen-bond acceptors (Lipinski definition) is 4. The minimum absolute atomic E-state index is 0.242. The van der Waals surface area contributed by atoms with Crippen LogP contribution < -0.4 is 5.73 Å². The van der Waals surface area contributed by atoms with Gasteiger partial charge in [-0.1, -0.05) is 6.08 Å². The maximum absolute atomic E-state index is 5.90. The molecule has 0 bridgehead atoms. The fourth-order valence-electron chi connectivity index (χ4n) is 2.91. The molecule has 0 unspecified atom stereocenters. The van der Waals surface area contributed by atoms with Gasteiger partial charge >= 0.3 is 0 Å². The fraction of sp³-hybridized carbons (Fsp3) is 0.789. The number of allylic oxidation sites excluding steroid dienone is 2. The van der Waals surface area contributed by atoms with E-state index in [1.165, 1.54) is 6.42 Å². The van der Waals surface area contributed by atoms with Gasteiger partial charge in [-0.15, -0.1) is 0 Å². The van der Waals surface area contributed by atoms with E-state index in [2.05, 4.69) is 33.8 Å². The Bertz CT molecular complexity index is 411. The molecule has 0 aromatic heterocycles. The molecule has 0 saturated heterocycles. The highest BCUT2D eigenvalue weighted by Crippen LogP contribution is 2.41. The van der Waals surface area contributed by atoms with E-state index < -0.39 is 0 Å². The quantitative estimate of drug-likeness (QED) is 0.491. The molecule has 2 fully saturated rings. The van der Waals surface area contributed by atoms with Gasteiger partial charge in [0.05, 0.1) is 24.9 Å². The van der Waals surface area contributed by atoms with Gasteiger partial charge in [-0.3, -0.25) is 0 Å². The Morgan fingerprint density at radius 2 is 1.78 bits per heavy atom. The van der Waals surface area contributed by atoms with E-state index >= 15 is 0 Å². The van der Waals surface area contributed by atoms with Gasteiger partial charge in [-0.2, -0.15) is 0 Å². The molecule has 23 heavy (non-hydrogen) atoms. The third-order valence-electron chi connectivity index (χ3n) is 4.42.